The van der Waals surface area contributed by atoms with Crippen LogP contribution in [0.3, 0.4) is 0 Å². The van der Waals surface area contributed by atoms with Gasteiger partial charge < -0.3 is 10.6 Å². The van der Waals surface area contributed by atoms with Crippen molar-refractivity contribution in [2.24, 2.45) is 0 Å². The van der Waals surface area contributed by atoms with Crippen LogP contribution in [0.15, 0.2) is 102 Å². The van der Waals surface area contributed by atoms with E-state index in [2.05, 4.69) is 31.4 Å². The average molecular weight is 590 g/mol. The Balaban J connectivity index is 1.52. The summed E-state index contributed by atoms with van der Waals surface area (Å²) in [4.78, 5) is 26.0. The van der Waals surface area contributed by atoms with Crippen molar-refractivity contribution in [3.05, 3.63) is 119 Å². The number of carbonyl (C=O) groups is 2. The number of aryl methyl sites for hydroxylation is 1. The quantitative estimate of drug-likeness (QED) is 0.231. The molecule has 7 nitrogen and oxygen atoms in total. The highest BCUT2D eigenvalue weighted by molar-refractivity contribution is 7.92. The Hall–Kier alpha value is -4.14. The maximum Gasteiger partial charge on any atom is 0.264 e. The molecule has 4 aromatic carbocycles. The SMILES string of the molecule is Cc1ccc(N(CC(=O)Nc2cccc(NC(=O)c3ccc(C(C)(C)C)cc3)c2)S(=O)(=O)c2ccccc2)cc1Cl. The molecule has 0 spiro atoms. The van der Waals surface area contributed by atoms with E-state index in [9.17, 15) is 18.0 Å². The Bertz CT molecular complexity index is 1670. The molecular formula is C32H32ClN3O4S. The number of amides is 2. The van der Waals surface area contributed by atoms with Gasteiger partial charge in [0.05, 0.1) is 10.6 Å². The summed E-state index contributed by atoms with van der Waals surface area (Å²) in [7, 11) is -4.08. The van der Waals surface area contributed by atoms with E-state index in [1.165, 1.54) is 18.2 Å². The molecule has 4 aromatic rings. The van der Waals surface area contributed by atoms with Crippen LogP contribution in [-0.2, 0) is 20.2 Å². The van der Waals surface area contributed by atoms with E-state index in [0.29, 0.717) is 22.0 Å². The van der Waals surface area contributed by atoms with Gasteiger partial charge >= 0.3 is 0 Å². The number of benzene rings is 4. The predicted molar refractivity (Wildman–Crippen MR) is 165 cm³/mol. The van der Waals surface area contributed by atoms with Gasteiger partial charge in [0.25, 0.3) is 15.9 Å². The van der Waals surface area contributed by atoms with Crippen LogP contribution in [0.4, 0.5) is 17.1 Å². The van der Waals surface area contributed by atoms with E-state index in [-0.39, 0.29) is 21.9 Å². The summed E-state index contributed by atoms with van der Waals surface area (Å²) in [5.41, 5.74) is 3.52. The lowest BCUT2D eigenvalue weighted by molar-refractivity contribution is -0.114. The van der Waals surface area contributed by atoms with Gasteiger partial charge in [-0.05, 0) is 78.1 Å². The van der Waals surface area contributed by atoms with Crippen molar-refractivity contribution >= 4 is 50.5 Å². The number of carbonyl (C=O) groups excluding carboxylic acids is 2. The fourth-order valence-corrected chi connectivity index (χ4v) is 5.71. The maximum absolute atomic E-state index is 13.6. The lowest BCUT2D eigenvalue weighted by Gasteiger charge is -2.24. The molecule has 0 aliphatic heterocycles. The summed E-state index contributed by atoms with van der Waals surface area (Å²) < 4.78 is 28.1. The first kappa shape index (κ1) is 29.8. The molecule has 0 heterocycles. The van der Waals surface area contributed by atoms with Crippen molar-refractivity contribution in [3.63, 3.8) is 0 Å². The fourth-order valence-electron chi connectivity index (χ4n) is 4.10. The van der Waals surface area contributed by atoms with Crippen molar-refractivity contribution in [1.82, 2.24) is 0 Å². The summed E-state index contributed by atoms with van der Waals surface area (Å²) in [5.74, 6) is -0.854. The van der Waals surface area contributed by atoms with Gasteiger partial charge in [-0.15, -0.1) is 0 Å². The monoisotopic (exact) mass is 589 g/mol. The highest BCUT2D eigenvalue weighted by Gasteiger charge is 2.27. The summed E-state index contributed by atoms with van der Waals surface area (Å²) >= 11 is 6.29. The minimum Gasteiger partial charge on any atom is -0.324 e. The van der Waals surface area contributed by atoms with Crippen LogP contribution >= 0.6 is 11.6 Å². The topological polar surface area (TPSA) is 95.6 Å². The Morgan fingerprint density at radius 2 is 1.44 bits per heavy atom. The van der Waals surface area contributed by atoms with Gasteiger partial charge in [-0.3, -0.25) is 13.9 Å². The Labute approximate surface area is 246 Å². The van der Waals surface area contributed by atoms with Gasteiger partial charge in [-0.25, -0.2) is 8.42 Å². The van der Waals surface area contributed by atoms with Crippen LogP contribution in [0.2, 0.25) is 5.02 Å². The number of hydrogen-bond acceptors (Lipinski definition) is 4. The zero-order valence-corrected chi connectivity index (χ0v) is 24.9. The standard InChI is InChI=1S/C32H32ClN3O4S/c1-22-13-18-27(20-29(22)33)36(41(39,40)28-11-6-5-7-12-28)21-30(37)34-25-9-8-10-26(19-25)35-31(38)23-14-16-24(17-15-23)32(2,3)4/h5-20H,21H2,1-4H3,(H,34,37)(H,35,38). The first-order valence-corrected chi connectivity index (χ1v) is 14.8. The van der Waals surface area contributed by atoms with Crippen LogP contribution < -0.4 is 14.9 Å². The normalized spacial score (nSPS) is 11.5. The molecule has 0 unspecified atom stereocenters. The minimum atomic E-state index is -4.08. The molecule has 0 fully saturated rings. The summed E-state index contributed by atoms with van der Waals surface area (Å²) in [6, 6.07) is 26.8. The Kier molecular flexibility index (Phi) is 8.85. The third-order valence-electron chi connectivity index (χ3n) is 6.48. The second-order valence-corrected chi connectivity index (χ2v) is 12.9. The molecule has 0 saturated heterocycles. The molecule has 9 heteroatoms. The van der Waals surface area contributed by atoms with Crippen molar-refractivity contribution in [1.29, 1.82) is 0 Å². The third-order valence-corrected chi connectivity index (χ3v) is 8.67. The minimum absolute atomic E-state index is 0.0245. The van der Waals surface area contributed by atoms with E-state index in [1.807, 2.05) is 19.1 Å². The number of halogens is 1. The van der Waals surface area contributed by atoms with E-state index in [1.54, 1.807) is 66.7 Å². The molecular weight excluding hydrogens is 558 g/mol. The van der Waals surface area contributed by atoms with Gasteiger partial charge in [-0.2, -0.15) is 0 Å². The molecule has 41 heavy (non-hydrogen) atoms. The van der Waals surface area contributed by atoms with Crippen molar-refractivity contribution in [2.45, 2.75) is 38.0 Å². The number of rotatable bonds is 8. The van der Waals surface area contributed by atoms with Crippen LogP contribution in [0, 0.1) is 6.92 Å². The molecule has 0 atom stereocenters. The molecule has 0 aromatic heterocycles. The lowest BCUT2D eigenvalue weighted by atomic mass is 9.87. The van der Waals surface area contributed by atoms with Crippen molar-refractivity contribution in [3.8, 4) is 0 Å². The maximum atomic E-state index is 13.6. The summed E-state index contributed by atoms with van der Waals surface area (Å²) in [6.45, 7) is 7.63. The number of anilines is 3. The van der Waals surface area contributed by atoms with Gasteiger partial charge in [0.15, 0.2) is 0 Å². The second kappa shape index (κ2) is 12.2. The highest BCUT2D eigenvalue weighted by atomic mass is 35.5. The predicted octanol–water partition coefficient (Wildman–Crippen LogP) is 7.03. The summed E-state index contributed by atoms with van der Waals surface area (Å²) in [6.07, 6.45) is 0. The molecule has 4 rings (SSSR count). The number of sulfonamides is 1. The first-order chi connectivity index (χ1) is 19.3. The van der Waals surface area contributed by atoms with E-state index >= 15 is 0 Å². The van der Waals surface area contributed by atoms with Crippen LogP contribution in [0.1, 0.15) is 42.3 Å². The second-order valence-electron chi connectivity index (χ2n) is 10.7. The Morgan fingerprint density at radius 1 is 0.805 bits per heavy atom. The highest BCUT2D eigenvalue weighted by Crippen LogP contribution is 2.28. The third kappa shape index (κ3) is 7.34. The lowest BCUT2D eigenvalue weighted by Crippen LogP contribution is -2.38. The van der Waals surface area contributed by atoms with Gasteiger partial charge in [0.2, 0.25) is 5.91 Å². The van der Waals surface area contributed by atoms with Gasteiger partial charge in [0, 0.05) is 22.0 Å². The van der Waals surface area contributed by atoms with Crippen LogP contribution in [0.25, 0.3) is 0 Å². The number of hydrogen-bond donors (Lipinski definition) is 2. The molecule has 2 N–H and O–H groups in total. The van der Waals surface area contributed by atoms with Gasteiger partial charge in [-0.1, -0.05) is 74.8 Å². The smallest absolute Gasteiger partial charge is 0.264 e. The molecule has 0 aliphatic rings. The van der Waals surface area contributed by atoms with E-state index < -0.39 is 22.5 Å². The zero-order chi connectivity index (χ0) is 29.8. The van der Waals surface area contributed by atoms with Crippen molar-refractivity contribution < 1.29 is 18.0 Å². The van der Waals surface area contributed by atoms with Crippen LogP contribution in [-0.4, -0.2) is 26.8 Å². The zero-order valence-electron chi connectivity index (χ0n) is 23.3. The first-order valence-electron chi connectivity index (χ1n) is 13.0. The summed E-state index contributed by atoms with van der Waals surface area (Å²) in [5, 5.41) is 5.96. The average Bonchev–Trinajstić information content (AvgIpc) is 2.93. The van der Waals surface area contributed by atoms with E-state index in [4.69, 9.17) is 11.6 Å². The molecule has 0 radical (unpaired) electrons. The molecule has 212 valence electrons. The largest absolute Gasteiger partial charge is 0.324 e. The number of nitrogens with zero attached hydrogens (tertiary/aromatic N) is 1. The van der Waals surface area contributed by atoms with Gasteiger partial charge in [0.1, 0.15) is 6.54 Å². The number of nitrogens with one attached hydrogen (secondary N) is 2. The van der Waals surface area contributed by atoms with E-state index in [0.717, 1.165) is 15.4 Å². The Morgan fingerprint density at radius 3 is 2.05 bits per heavy atom. The van der Waals surface area contributed by atoms with Crippen LogP contribution in [0.5, 0.6) is 0 Å². The molecule has 0 bridgehead atoms. The molecule has 0 aliphatic carbocycles. The molecule has 0 saturated carbocycles. The van der Waals surface area contributed by atoms with Crippen molar-refractivity contribution in [2.75, 3.05) is 21.5 Å². The fraction of sp³-hybridized carbons (Fsp3) is 0.188. The molecule has 2 amide bonds.